The monoisotopic (exact) mass is 722 g/mol. The van der Waals surface area contributed by atoms with Gasteiger partial charge in [0.15, 0.2) is 0 Å². The molecule has 0 radical (unpaired) electrons. The maximum absolute atomic E-state index is 2.59. The van der Waals surface area contributed by atoms with Gasteiger partial charge >= 0.3 is 0 Å². The maximum Gasteiger partial charge on any atom is 0.0543 e. The molecule has 0 saturated carbocycles. The molecule has 0 aromatic heterocycles. The average molecular weight is 723 g/mol. The van der Waals surface area contributed by atoms with Crippen molar-refractivity contribution in [3.63, 3.8) is 0 Å². The van der Waals surface area contributed by atoms with Gasteiger partial charge in [0.05, 0.1) is 22.7 Å². The van der Waals surface area contributed by atoms with E-state index in [1.54, 1.807) is 0 Å². The summed E-state index contributed by atoms with van der Waals surface area (Å²) in [6.07, 6.45) is 21.4. The van der Waals surface area contributed by atoms with Gasteiger partial charge in [-0.25, -0.2) is 0 Å². The van der Waals surface area contributed by atoms with Crippen molar-refractivity contribution in [1.29, 1.82) is 0 Å². The summed E-state index contributed by atoms with van der Waals surface area (Å²) in [4.78, 5) is 5.14. The van der Waals surface area contributed by atoms with E-state index in [1.165, 1.54) is 95.0 Å². The van der Waals surface area contributed by atoms with E-state index in [9.17, 15) is 0 Å². The zero-order valence-electron chi connectivity index (χ0n) is 32.7. The fourth-order valence-electron chi connectivity index (χ4n) is 10.5. The minimum absolute atomic E-state index is 0.0906. The molecule has 1 unspecified atom stereocenters. The Morgan fingerprint density at radius 1 is 0.625 bits per heavy atom. The second-order valence-corrected chi connectivity index (χ2v) is 17.2. The Morgan fingerprint density at radius 3 is 2.25 bits per heavy atom. The lowest BCUT2D eigenvalue weighted by molar-refractivity contribution is 0.597. The molecule has 3 aliphatic carbocycles. The van der Waals surface area contributed by atoms with Crippen LogP contribution in [0.2, 0.25) is 0 Å². The predicted molar refractivity (Wildman–Crippen MR) is 237 cm³/mol. The van der Waals surface area contributed by atoms with Crippen LogP contribution in [0, 0.1) is 5.92 Å². The zero-order chi connectivity index (χ0) is 37.8. The highest BCUT2D eigenvalue weighted by molar-refractivity contribution is 6.05. The minimum Gasteiger partial charge on any atom is -0.313 e. The number of hydrogen-bond acceptors (Lipinski definition) is 2. The summed E-state index contributed by atoms with van der Waals surface area (Å²) in [5.41, 5.74) is 19.7. The normalized spacial score (nSPS) is 18.9. The van der Waals surface area contributed by atoms with Crippen LogP contribution in [0.15, 0.2) is 169 Å². The van der Waals surface area contributed by atoms with E-state index in [0.29, 0.717) is 5.92 Å². The van der Waals surface area contributed by atoms with Crippen molar-refractivity contribution in [3.05, 3.63) is 202 Å². The molecular weight excluding hydrogens is 677 g/mol. The molecule has 0 bridgehead atoms. The van der Waals surface area contributed by atoms with Crippen LogP contribution in [0.5, 0.6) is 0 Å². The molecule has 2 heterocycles. The number of nitrogens with zero attached hydrogens (tertiary/aromatic N) is 2. The number of allylic oxidation sites excluding steroid dienone is 9. The van der Waals surface area contributed by atoms with Crippen LogP contribution < -0.4 is 9.80 Å². The lowest BCUT2D eigenvalue weighted by Crippen LogP contribution is -2.38. The topological polar surface area (TPSA) is 6.48 Å². The molecule has 0 spiro atoms. The van der Waals surface area contributed by atoms with E-state index in [1.807, 2.05) is 0 Å². The van der Waals surface area contributed by atoms with E-state index in [2.05, 4.69) is 201 Å². The van der Waals surface area contributed by atoms with E-state index in [-0.39, 0.29) is 10.8 Å². The van der Waals surface area contributed by atoms with Gasteiger partial charge in [0.2, 0.25) is 0 Å². The minimum atomic E-state index is -0.189. The average Bonchev–Trinajstić information content (AvgIpc) is 3.23. The Hall–Kier alpha value is -6.12. The molecule has 2 nitrogen and oxygen atoms in total. The lowest BCUT2D eigenvalue weighted by Gasteiger charge is -2.49. The summed E-state index contributed by atoms with van der Waals surface area (Å²) >= 11 is 0. The van der Waals surface area contributed by atoms with Crippen LogP contribution in [0.3, 0.4) is 0 Å². The largest absolute Gasteiger partial charge is 0.313 e. The summed E-state index contributed by atoms with van der Waals surface area (Å²) in [5.74, 6) is 0.380. The number of rotatable bonds is 4. The van der Waals surface area contributed by atoms with Crippen molar-refractivity contribution in [2.45, 2.75) is 57.8 Å². The molecule has 1 atom stereocenters. The third-order valence-corrected chi connectivity index (χ3v) is 13.4. The summed E-state index contributed by atoms with van der Waals surface area (Å²) in [6.45, 7) is 9.60. The Morgan fingerprint density at radius 2 is 1.36 bits per heavy atom. The van der Waals surface area contributed by atoms with Gasteiger partial charge in [0.25, 0.3) is 0 Å². The highest BCUT2D eigenvalue weighted by atomic mass is 15.2. The Kier molecular flexibility index (Phi) is 7.23. The highest BCUT2D eigenvalue weighted by Crippen LogP contribution is 2.60. The molecule has 0 amide bonds. The molecule has 5 aliphatic rings. The molecule has 2 aliphatic heterocycles. The Balaban J connectivity index is 1.09. The first-order valence-electron chi connectivity index (χ1n) is 20.4. The fourth-order valence-corrected chi connectivity index (χ4v) is 10.5. The van der Waals surface area contributed by atoms with Gasteiger partial charge in [-0.1, -0.05) is 155 Å². The van der Waals surface area contributed by atoms with Gasteiger partial charge in [-0.3, -0.25) is 0 Å². The summed E-state index contributed by atoms with van der Waals surface area (Å²) in [7, 11) is 0. The first kappa shape index (κ1) is 33.2. The summed E-state index contributed by atoms with van der Waals surface area (Å²) < 4.78 is 0. The van der Waals surface area contributed by atoms with Gasteiger partial charge < -0.3 is 9.80 Å². The molecule has 272 valence electrons. The van der Waals surface area contributed by atoms with Gasteiger partial charge in [0.1, 0.15) is 0 Å². The van der Waals surface area contributed by atoms with Gasteiger partial charge in [-0.05, 0) is 111 Å². The zero-order valence-corrected chi connectivity index (χ0v) is 32.7. The molecule has 2 heteroatoms. The van der Waals surface area contributed by atoms with Gasteiger partial charge in [-0.15, -0.1) is 0 Å². The molecular formula is C54H46N2. The second-order valence-electron chi connectivity index (χ2n) is 17.2. The van der Waals surface area contributed by atoms with E-state index in [4.69, 9.17) is 0 Å². The molecule has 0 fully saturated rings. The third kappa shape index (κ3) is 4.75. The first-order chi connectivity index (χ1) is 27.3. The Bertz CT molecular complexity index is 2800. The lowest BCUT2D eigenvalue weighted by atomic mass is 9.66. The van der Waals surface area contributed by atoms with E-state index in [0.717, 1.165) is 19.3 Å². The van der Waals surface area contributed by atoms with E-state index >= 15 is 0 Å². The summed E-state index contributed by atoms with van der Waals surface area (Å²) in [6, 6.07) is 43.9. The van der Waals surface area contributed by atoms with Gasteiger partial charge in [0, 0.05) is 33.5 Å². The number of anilines is 5. The smallest absolute Gasteiger partial charge is 0.0543 e. The third-order valence-electron chi connectivity index (χ3n) is 13.4. The van der Waals surface area contributed by atoms with Gasteiger partial charge in [-0.2, -0.15) is 0 Å². The number of hydrogen-bond donors (Lipinski definition) is 0. The number of benzene rings is 6. The number of fused-ring (bicyclic) bond motifs is 7. The van der Waals surface area contributed by atoms with Crippen LogP contribution in [-0.4, -0.2) is 0 Å². The van der Waals surface area contributed by atoms with Crippen LogP contribution in [0.4, 0.5) is 28.4 Å². The predicted octanol–water partition coefficient (Wildman–Crippen LogP) is 14.3. The van der Waals surface area contributed by atoms with Crippen molar-refractivity contribution in [2.24, 2.45) is 5.92 Å². The van der Waals surface area contributed by atoms with E-state index < -0.39 is 0 Å². The van der Waals surface area contributed by atoms with Crippen molar-refractivity contribution in [2.75, 3.05) is 9.80 Å². The molecule has 56 heavy (non-hydrogen) atoms. The molecule has 0 saturated heterocycles. The van der Waals surface area contributed by atoms with Crippen molar-refractivity contribution in [1.82, 2.24) is 0 Å². The van der Waals surface area contributed by atoms with Crippen LogP contribution in [-0.2, 0) is 17.3 Å². The van der Waals surface area contributed by atoms with Crippen molar-refractivity contribution >= 4 is 45.3 Å². The number of para-hydroxylation sites is 2. The van der Waals surface area contributed by atoms with Crippen molar-refractivity contribution in [3.8, 4) is 11.1 Å². The fraction of sp³-hybridized carbons (Fsp3) is 0.185. The van der Waals surface area contributed by atoms with Crippen molar-refractivity contribution < 1.29 is 0 Å². The van der Waals surface area contributed by atoms with Crippen LogP contribution in [0.25, 0.3) is 28.0 Å². The SMILES string of the molecule is CC1(C)c2ccccc2N2c3ccc(-c4cccc5c(N(C6=CC=C7C=CC=CC7C6)c6cccc7c6CCC=C7)cccc45)cc3C(C)(C)c3cccc1c32. The van der Waals surface area contributed by atoms with Crippen LogP contribution in [0.1, 0.15) is 73.9 Å². The summed E-state index contributed by atoms with van der Waals surface area (Å²) in [5, 5.41) is 2.54. The molecule has 6 aromatic rings. The van der Waals surface area contributed by atoms with Crippen LogP contribution >= 0.6 is 0 Å². The maximum atomic E-state index is 2.59. The highest BCUT2D eigenvalue weighted by Gasteiger charge is 2.45. The Labute approximate surface area is 331 Å². The molecule has 6 aromatic carbocycles. The molecule has 0 N–H and O–H groups in total. The molecule has 11 rings (SSSR count). The standard InChI is InChI=1S/C54H46N2/c1-53(2)44-23-9-10-26-50(44)56-51-32-30-38(34-47(51)54(3,4)46-25-14-24-45(53)52(46)56)40-20-12-22-43-42(40)21-13-28-49(43)55(39-31-29-35-15-5-6-17-37(35)33-39)48-27-11-18-36-16-7-8-19-41(36)48/h5-7,9-18,20-32,34,37H,8,19,33H2,1-4H3. The second kappa shape index (κ2) is 12.2. The quantitative estimate of drug-likeness (QED) is 0.179. The first-order valence-corrected chi connectivity index (χ1v) is 20.4.